The number of hydrogen-bond donors (Lipinski definition) is 1. The average molecular weight is 270 g/mol. The SMILES string of the molecule is CCn1ncc(Cl)c1C(=O)CCC1CCNCC1. The number of aromatic nitrogens is 2. The van der Waals surface area contributed by atoms with Gasteiger partial charge in [-0.15, -0.1) is 0 Å². The number of halogens is 1. The molecule has 0 atom stereocenters. The van der Waals surface area contributed by atoms with Gasteiger partial charge in [0.1, 0.15) is 5.69 Å². The summed E-state index contributed by atoms with van der Waals surface area (Å²) in [5.74, 6) is 0.796. The molecule has 4 nitrogen and oxygen atoms in total. The molecule has 0 spiro atoms. The summed E-state index contributed by atoms with van der Waals surface area (Å²) >= 11 is 6.03. The summed E-state index contributed by atoms with van der Waals surface area (Å²) in [6.07, 6.45) is 5.45. The van der Waals surface area contributed by atoms with Crippen molar-refractivity contribution in [2.24, 2.45) is 5.92 Å². The Hall–Kier alpha value is -0.870. The molecule has 0 saturated carbocycles. The van der Waals surface area contributed by atoms with E-state index in [0.717, 1.165) is 19.5 Å². The summed E-state index contributed by atoms with van der Waals surface area (Å²) in [4.78, 5) is 12.2. The van der Waals surface area contributed by atoms with Gasteiger partial charge in [-0.1, -0.05) is 11.6 Å². The topological polar surface area (TPSA) is 46.9 Å². The van der Waals surface area contributed by atoms with Gasteiger partial charge in [-0.3, -0.25) is 9.48 Å². The molecule has 1 N–H and O–H groups in total. The third kappa shape index (κ3) is 3.12. The molecule has 2 heterocycles. The van der Waals surface area contributed by atoms with E-state index >= 15 is 0 Å². The second-order valence-corrected chi connectivity index (χ2v) is 5.22. The Labute approximate surface area is 113 Å². The van der Waals surface area contributed by atoms with Crippen molar-refractivity contribution in [2.75, 3.05) is 13.1 Å². The summed E-state index contributed by atoms with van der Waals surface area (Å²) < 4.78 is 1.69. The van der Waals surface area contributed by atoms with E-state index < -0.39 is 0 Å². The monoisotopic (exact) mass is 269 g/mol. The molecule has 1 fully saturated rings. The highest BCUT2D eigenvalue weighted by Gasteiger charge is 2.19. The van der Waals surface area contributed by atoms with Crippen LogP contribution in [0.1, 0.15) is 43.1 Å². The van der Waals surface area contributed by atoms with Crippen LogP contribution in [0, 0.1) is 5.92 Å². The standard InChI is InChI=1S/C13H20ClN3O/c1-2-17-13(11(14)9-16-17)12(18)4-3-10-5-7-15-8-6-10/h9-10,15H,2-8H2,1H3. The largest absolute Gasteiger partial charge is 0.317 e. The van der Waals surface area contributed by atoms with Crippen LogP contribution in [-0.2, 0) is 6.54 Å². The summed E-state index contributed by atoms with van der Waals surface area (Å²) in [6.45, 7) is 4.80. The van der Waals surface area contributed by atoms with E-state index in [-0.39, 0.29) is 5.78 Å². The molecule has 1 aromatic rings. The van der Waals surface area contributed by atoms with Gasteiger partial charge in [0.2, 0.25) is 0 Å². The highest BCUT2D eigenvalue weighted by Crippen LogP contribution is 2.22. The van der Waals surface area contributed by atoms with Gasteiger partial charge in [0.15, 0.2) is 5.78 Å². The van der Waals surface area contributed by atoms with Gasteiger partial charge in [-0.25, -0.2) is 0 Å². The quantitative estimate of drug-likeness (QED) is 0.836. The number of rotatable bonds is 5. The molecule has 5 heteroatoms. The molecule has 0 radical (unpaired) electrons. The summed E-state index contributed by atoms with van der Waals surface area (Å²) in [7, 11) is 0. The second kappa shape index (κ2) is 6.34. The lowest BCUT2D eigenvalue weighted by Gasteiger charge is -2.22. The van der Waals surface area contributed by atoms with Crippen LogP contribution in [0.3, 0.4) is 0 Å². The molecule has 1 aromatic heterocycles. The van der Waals surface area contributed by atoms with Crippen molar-refractivity contribution in [3.63, 3.8) is 0 Å². The number of nitrogens with zero attached hydrogens (tertiary/aromatic N) is 2. The number of carbonyl (C=O) groups is 1. The summed E-state index contributed by atoms with van der Waals surface area (Å²) in [5.41, 5.74) is 0.577. The van der Waals surface area contributed by atoms with E-state index in [1.54, 1.807) is 10.9 Å². The van der Waals surface area contributed by atoms with Gasteiger partial charge in [0.05, 0.1) is 11.2 Å². The maximum atomic E-state index is 12.2. The Morgan fingerprint density at radius 1 is 1.56 bits per heavy atom. The molecule has 0 aromatic carbocycles. The minimum atomic E-state index is 0.123. The number of Topliss-reactive ketones (excluding diaryl/α,β-unsaturated/α-hetero) is 1. The fourth-order valence-electron chi connectivity index (χ4n) is 2.50. The van der Waals surface area contributed by atoms with E-state index in [1.807, 2.05) is 6.92 Å². The van der Waals surface area contributed by atoms with Crippen molar-refractivity contribution in [3.05, 3.63) is 16.9 Å². The maximum absolute atomic E-state index is 12.2. The Morgan fingerprint density at radius 3 is 2.94 bits per heavy atom. The first kappa shape index (κ1) is 13.6. The van der Waals surface area contributed by atoms with Crippen molar-refractivity contribution in [2.45, 2.75) is 39.2 Å². The molecular weight excluding hydrogens is 250 g/mol. The first-order valence-electron chi connectivity index (χ1n) is 6.67. The highest BCUT2D eigenvalue weighted by atomic mass is 35.5. The van der Waals surface area contributed by atoms with Gasteiger partial charge in [-0.05, 0) is 45.2 Å². The number of ketones is 1. The third-order valence-corrected chi connectivity index (χ3v) is 3.87. The van der Waals surface area contributed by atoms with E-state index in [2.05, 4.69) is 10.4 Å². The highest BCUT2D eigenvalue weighted by molar-refractivity contribution is 6.33. The number of nitrogens with one attached hydrogen (secondary N) is 1. The van der Waals surface area contributed by atoms with Crippen molar-refractivity contribution >= 4 is 17.4 Å². The average Bonchev–Trinajstić information content (AvgIpc) is 2.78. The van der Waals surface area contributed by atoms with Gasteiger partial charge >= 0.3 is 0 Å². The minimum Gasteiger partial charge on any atom is -0.317 e. The second-order valence-electron chi connectivity index (χ2n) is 4.81. The van der Waals surface area contributed by atoms with E-state index in [1.165, 1.54) is 12.8 Å². The Morgan fingerprint density at radius 2 is 2.28 bits per heavy atom. The molecule has 0 amide bonds. The molecule has 2 rings (SSSR count). The van der Waals surface area contributed by atoms with Gasteiger partial charge in [0, 0.05) is 13.0 Å². The van der Waals surface area contributed by atoms with Crippen LogP contribution in [-0.4, -0.2) is 28.7 Å². The first-order chi connectivity index (χ1) is 8.72. The Balaban J connectivity index is 1.92. The van der Waals surface area contributed by atoms with Crippen molar-refractivity contribution in [1.82, 2.24) is 15.1 Å². The van der Waals surface area contributed by atoms with Crippen LogP contribution in [0.2, 0.25) is 5.02 Å². The molecule has 0 unspecified atom stereocenters. The molecule has 0 aliphatic carbocycles. The minimum absolute atomic E-state index is 0.123. The van der Waals surface area contributed by atoms with Gasteiger partial charge < -0.3 is 5.32 Å². The zero-order valence-corrected chi connectivity index (χ0v) is 11.5. The lowest BCUT2D eigenvalue weighted by atomic mass is 9.92. The van der Waals surface area contributed by atoms with Crippen molar-refractivity contribution in [1.29, 1.82) is 0 Å². The Bertz CT molecular complexity index is 410. The third-order valence-electron chi connectivity index (χ3n) is 3.60. The molecule has 18 heavy (non-hydrogen) atoms. The predicted octanol–water partition coefficient (Wildman–Crippen LogP) is 2.52. The maximum Gasteiger partial charge on any atom is 0.182 e. The first-order valence-corrected chi connectivity index (χ1v) is 7.05. The molecule has 1 aliphatic rings. The molecule has 1 saturated heterocycles. The smallest absolute Gasteiger partial charge is 0.182 e. The lowest BCUT2D eigenvalue weighted by Crippen LogP contribution is -2.28. The zero-order chi connectivity index (χ0) is 13.0. The number of carbonyl (C=O) groups excluding carboxylic acids is 1. The lowest BCUT2D eigenvalue weighted by molar-refractivity contribution is 0.0960. The van der Waals surface area contributed by atoms with Crippen LogP contribution in [0.4, 0.5) is 0 Å². The molecule has 100 valence electrons. The van der Waals surface area contributed by atoms with E-state index in [4.69, 9.17) is 11.6 Å². The zero-order valence-electron chi connectivity index (χ0n) is 10.8. The van der Waals surface area contributed by atoms with Crippen LogP contribution in [0.15, 0.2) is 6.20 Å². The predicted molar refractivity (Wildman–Crippen MR) is 72.1 cm³/mol. The van der Waals surface area contributed by atoms with Gasteiger partial charge in [0.25, 0.3) is 0 Å². The fourth-order valence-corrected chi connectivity index (χ4v) is 2.75. The van der Waals surface area contributed by atoms with Crippen LogP contribution < -0.4 is 5.32 Å². The van der Waals surface area contributed by atoms with Crippen molar-refractivity contribution in [3.8, 4) is 0 Å². The van der Waals surface area contributed by atoms with E-state index in [9.17, 15) is 4.79 Å². The fraction of sp³-hybridized carbons (Fsp3) is 0.692. The van der Waals surface area contributed by atoms with Crippen molar-refractivity contribution < 1.29 is 4.79 Å². The molecule has 1 aliphatic heterocycles. The summed E-state index contributed by atoms with van der Waals surface area (Å²) in [5, 5.41) is 7.92. The number of aryl methyl sites for hydroxylation is 1. The normalized spacial score (nSPS) is 17.0. The molecular formula is C13H20ClN3O. The molecule has 0 bridgehead atoms. The number of hydrogen-bond acceptors (Lipinski definition) is 3. The van der Waals surface area contributed by atoms with Gasteiger partial charge in [-0.2, -0.15) is 5.10 Å². The van der Waals surface area contributed by atoms with Crippen LogP contribution in [0.5, 0.6) is 0 Å². The number of piperidine rings is 1. The Kier molecular flexibility index (Phi) is 4.78. The van der Waals surface area contributed by atoms with E-state index in [0.29, 0.717) is 29.6 Å². The van der Waals surface area contributed by atoms with Crippen LogP contribution in [0.25, 0.3) is 0 Å². The summed E-state index contributed by atoms with van der Waals surface area (Å²) in [6, 6.07) is 0. The van der Waals surface area contributed by atoms with Crippen LogP contribution >= 0.6 is 11.6 Å².